The first-order valence-electron chi connectivity index (χ1n) is 9.27. The predicted molar refractivity (Wildman–Crippen MR) is 108 cm³/mol. The third kappa shape index (κ3) is 3.70. The zero-order valence-corrected chi connectivity index (χ0v) is 17.2. The molecule has 0 saturated heterocycles. The van der Waals surface area contributed by atoms with Gasteiger partial charge in [0.2, 0.25) is 5.91 Å². The van der Waals surface area contributed by atoms with Gasteiger partial charge in [0, 0.05) is 25.7 Å². The highest BCUT2D eigenvalue weighted by atomic mass is 16.5. The van der Waals surface area contributed by atoms with Crippen LogP contribution in [0.3, 0.4) is 0 Å². The molecule has 2 aromatic rings. The number of H-pyrrole nitrogens is 1. The Labute approximate surface area is 168 Å². The summed E-state index contributed by atoms with van der Waals surface area (Å²) in [7, 11) is 4.61. The van der Waals surface area contributed by atoms with Crippen molar-refractivity contribution in [2.45, 2.75) is 32.9 Å². The maximum Gasteiger partial charge on any atom is 0.261 e. The number of aromatic amines is 1. The van der Waals surface area contributed by atoms with E-state index in [0.717, 1.165) is 11.1 Å². The number of hydrogen-bond donors (Lipinski definition) is 2. The average molecular weight is 399 g/mol. The standard InChI is InChI=1S/C21H25N3O5/c1-11-6-12(2)23-20(26)18(11)21(27)24-10-14-9-17(29-5)16(28-4)8-13(14)7-15(24)19(25)22-3/h6,8-9,15H,7,10H2,1-5H3,(H,22,25)(H,23,26). The minimum atomic E-state index is -0.738. The largest absolute Gasteiger partial charge is 0.493 e. The molecule has 0 aliphatic carbocycles. The minimum Gasteiger partial charge on any atom is -0.493 e. The number of amides is 2. The fraction of sp³-hybridized carbons (Fsp3) is 0.381. The fourth-order valence-corrected chi connectivity index (χ4v) is 3.79. The summed E-state index contributed by atoms with van der Waals surface area (Å²) < 4.78 is 10.7. The second-order valence-corrected chi connectivity index (χ2v) is 7.08. The Bertz CT molecular complexity index is 1030. The van der Waals surface area contributed by atoms with Crippen molar-refractivity contribution in [2.75, 3.05) is 21.3 Å². The summed E-state index contributed by atoms with van der Waals surface area (Å²) in [5.74, 6) is 0.340. The number of nitrogens with one attached hydrogen (secondary N) is 2. The van der Waals surface area contributed by atoms with Crippen molar-refractivity contribution in [3.8, 4) is 11.5 Å². The summed E-state index contributed by atoms with van der Waals surface area (Å²) in [5, 5.41) is 2.62. The van der Waals surface area contributed by atoms with Gasteiger partial charge in [-0.2, -0.15) is 0 Å². The van der Waals surface area contributed by atoms with Crippen LogP contribution in [0, 0.1) is 13.8 Å². The van der Waals surface area contributed by atoms with Crippen LogP contribution in [0.2, 0.25) is 0 Å². The maximum absolute atomic E-state index is 13.3. The first kappa shape index (κ1) is 20.4. The van der Waals surface area contributed by atoms with Crippen LogP contribution >= 0.6 is 0 Å². The number of pyridine rings is 1. The van der Waals surface area contributed by atoms with Gasteiger partial charge in [-0.15, -0.1) is 0 Å². The first-order valence-corrected chi connectivity index (χ1v) is 9.27. The number of aryl methyl sites for hydroxylation is 2. The van der Waals surface area contributed by atoms with Crippen LogP contribution in [-0.2, 0) is 17.8 Å². The number of methoxy groups -OCH3 is 2. The zero-order valence-electron chi connectivity index (χ0n) is 17.2. The van der Waals surface area contributed by atoms with E-state index in [4.69, 9.17) is 9.47 Å². The van der Waals surface area contributed by atoms with Crippen molar-refractivity contribution >= 4 is 11.8 Å². The SMILES string of the molecule is CNC(=O)C1Cc2cc(OC)c(OC)cc2CN1C(=O)c1c(C)cc(C)[nH]c1=O. The minimum absolute atomic E-state index is 0.0495. The van der Waals surface area contributed by atoms with Crippen LogP contribution in [0.4, 0.5) is 0 Å². The summed E-state index contributed by atoms with van der Waals surface area (Å²) in [6.07, 6.45) is 0.309. The number of carbonyl (C=O) groups excluding carboxylic acids is 2. The smallest absolute Gasteiger partial charge is 0.261 e. The van der Waals surface area contributed by atoms with E-state index >= 15 is 0 Å². The third-order valence-corrected chi connectivity index (χ3v) is 5.22. The molecule has 1 aliphatic rings. The molecule has 1 aromatic heterocycles. The summed E-state index contributed by atoms with van der Waals surface area (Å²) >= 11 is 0. The number of rotatable bonds is 4. The molecule has 0 fully saturated rings. The first-order chi connectivity index (χ1) is 13.8. The normalized spacial score (nSPS) is 15.5. The zero-order chi connectivity index (χ0) is 21.3. The topological polar surface area (TPSA) is 101 Å². The van der Waals surface area contributed by atoms with Crippen molar-refractivity contribution < 1.29 is 19.1 Å². The molecule has 0 radical (unpaired) electrons. The number of nitrogens with zero attached hydrogens (tertiary/aromatic N) is 1. The Morgan fingerprint density at radius 2 is 1.72 bits per heavy atom. The van der Waals surface area contributed by atoms with Crippen LogP contribution in [0.1, 0.15) is 32.7 Å². The molecule has 2 N–H and O–H groups in total. The van der Waals surface area contributed by atoms with Crippen LogP contribution in [0.15, 0.2) is 23.0 Å². The molecule has 8 heteroatoms. The van der Waals surface area contributed by atoms with E-state index in [-0.39, 0.29) is 18.0 Å². The van der Waals surface area contributed by atoms with Gasteiger partial charge in [-0.3, -0.25) is 14.4 Å². The Morgan fingerprint density at radius 3 is 2.28 bits per heavy atom. The maximum atomic E-state index is 13.3. The van der Waals surface area contributed by atoms with Crippen LogP contribution < -0.4 is 20.3 Å². The lowest BCUT2D eigenvalue weighted by atomic mass is 9.92. The molecular weight excluding hydrogens is 374 g/mol. The van der Waals surface area contributed by atoms with Crippen molar-refractivity contribution in [3.05, 3.63) is 56.5 Å². The van der Waals surface area contributed by atoms with E-state index in [1.807, 2.05) is 6.07 Å². The van der Waals surface area contributed by atoms with E-state index in [1.165, 1.54) is 11.9 Å². The average Bonchev–Trinajstić information content (AvgIpc) is 2.70. The number of carbonyl (C=O) groups is 2. The fourth-order valence-electron chi connectivity index (χ4n) is 3.79. The Balaban J connectivity index is 2.09. The van der Waals surface area contributed by atoms with E-state index < -0.39 is 17.5 Å². The Hall–Kier alpha value is -3.29. The molecule has 0 saturated carbocycles. The number of aromatic nitrogens is 1. The molecular formula is C21H25N3O5. The highest BCUT2D eigenvalue weighted by Crippen LogP contribution is 2.35. The summed E-state index contributed by atoms with van der Waals surface area (Å²) in [5.41, 5.74) is 2.58. The highest BCUT2D eigenvalue weighted by molar-refractivity contribution is 5.98. The van der Waals surface area contributed by atoms with Gasteiger partial charge in [0.1, 0.15) is 11.6 Å². The van der Waals surface area contributed by atoms with Gasteiger partial charge in [0.25, 0.3) is 11.5 Å². The van der Waals surface area contributed by atoms with E-state index in [0.29, 0.717) is 29.2 Å². The van der Waals surface area contributed by atoms with Crippen LogP contribution in [0.25, 0.3) is 0 Å². The molecule has 1 aliphatic heterocycles. The Morgan fingerprint density at radius 1 is 1.10 bits per heavy atom. The molecule has 1 atom stereocenters. The number of likely N-dealkylation sites (N-methyl/N-ethyl adjacent to an activating group) is 1. The number of ether oxygens (including phenoxy) is 2. The molecule has 2 heterocycles. The highest BCUT2D eigenvalue weighted by Gasteiger charge is 2.36. The molecule has 154 valence electrons. The van der Waals surface area contributed by atoms with Crippen molar-refractivity contribution in [1.82, 2.24) is 15.2 Å². The molecule has 1 unspecified atom stereocenters. The third-order valence-electron chi connectivity index (χ3n) is 5.22. The molecule has 0 bridgehead atoms. The van der Waals surface area contributed by atoms with Gasteiger partial charge in [0.15, 0.2) is 11.5 Å². The van der Waals surface area contributed by atoms with E-state index in [2.05, 4.69) is 10.3 Å². The summed E-state index contributed by atoms with van der Waals surface area (Å²) in [4.78, 5) is 42.5. The van der Waals surface area contributed by atoms with Gasteiger partial charge in [-0.25, -0.2) is 0 Å². The quantitative estimate of drug-likeness (QED) is 0.808. The van der Waals surface area contributed by atoms with Crippen molar-refractivity contribution in [2.24, 2.45) is 0 Å². The second kappa shape index (κ2) is 7.98. The van der Waals surface area contributed by atoms with Crippen molar-refractivity contribution in [1.29, 1.82) is 0 Å². The molecule has 1 aromatic carbocycles. The Kier molecular flexibility index (Phi) is 5.63. The van der Waals surface area contributed by atoms with E-state index in [9.17, 15) is 14.4 Å². The van der Waals surface area contributed by atoms with Gasteiger partial charge in [-0.1, -0.05) is 0 Å². The second-order valence-electron chi connectivity index (χ2n) is 7.08. The van der Waals surface area contributed by atoms with Crippen LogP contribution in [0.5, 0.6) is 11.5 Å². The molecule has 3 rings (SSSR count). The lowest BCUT2D eigenvalue weighted by Gasteiger charge is -2.36. The molecule has 0 spiro atoms. The van der Waals surface area contributed by atoms with Crippen LogP contribution in [-0.4, -0.2) is 49.0 Å². The number of hydrogen-bond acceptors (Lipinski definition) is 5. The lowest BCUT2D eigenvalue weighted by molar-refractivity contribution is -0.125. The summed E-state index contributed by atoms with van der Waals surface area (Å²) in [6, 6.07) is 4.64. The van der Waals surface area contributed by atoms with Gasteiger partial charge in [0.05, 0.1) is 14.2 Å². The number of benzene rings is 1. The summed E-state index contributed by atoms with van der Waals surface area (Å²) in [6.45, 7) is 3.66. The van der Waals surface area contributed by atoms with E-state index in [1.54, 1.807) is 40.2 Å². The molecule has 29 heavy (non-hydrogen) atoms. The van der Waals surface area contributed by atoms with Gasteiger partial charge in [-0.05, 0) is 48.7 Å². The number of fused-ring (bicyclic) bond motifs is 1. The lowest BCUT2D eigenvalue weighted by Crippen LogP contribution is -2.52. The predicted octanol–water partition coefficient (Wildman–Crippen LogP) is 1.32. The monoisotopic (exact) mass is 399 g/mol. The molecule has 8 nitrogen and oxygen atoms in total. The molecule has 2 amide bonds. The van der Waals surface area contributed by atoms with Gasteiger partial charge < -0.3 is 24.7 Å². The van der Waals surface area contributed by atoms with Gasteiger partial charge >= 0.3 is 0 Å². The van der Waals surface area contributed by atoms with Crippen molar-refractivity contribution in [3.63, 3.8) is 0 Å².